The van der Waals surface area contributed by atoms with Crippen LogP contribution in [0.25, 0.3) is 0 Å². The number of hydrogen-bond donors (Lipinski definition) is 1. The minimum absolute atomic E-state index is 0.0400. The van der Waals surface area contributed by atoms with Crippen molar-refractivity contribution in [3.63, 3.8) is 0 Å². The van der Waals surface area contributed by atoms with Crippen molar-refractivity contribution in [2.24, 2.45) is 0 Å². The van der Waals surface area contributed by atoms with Crippen LogP contribution in [-0.2, 0) is 4.74 Å². The first-order valence-electron chi connectivity index (χ1n) is 5.00. The normalized spacial score (nSPS) is 12.2. The molecule has 0 saturated carbocycles. The van der Waals surface area contributed by atoms with Gasteiger partial charge in [0.05, 0.1) is 11.7 Å². The van der Waals surface area contributed by atoms with E-state index in [1.54, 1.807) is 0 Å². The second kappa shape index (κ2) is 6.40. The summed E-state index contributed by atoms with van der Waals surface area (Å²) in [7, 11) is 0. The second-order valence-corrected chi connectivity index (χ2v) is 3.55. The van der Waals surface area contributed by atoms with Crippen molar-refractivity contribution in [1.82, 2.24) is 9.97 Å². The summed E-state index contributed by atoms with van der Waals surface area (Å²) in [5.74, 6) is 0.432. The number of carbonyl (C=O) groups is 1. The highest BCUT2D eigenvalue weighted by atomic mass is 35.5. The Morgan fingerprint density at radius 2 is 2.38 bits per heavy atom. The topological polar surface area (TPSA) is 64.1 Å². The Hall–Kier alpha value is -1.20. The van der Waals surface area contributed by atoms with Crippen LogP contribution in [-0.4, -0.2) is 35.5 Å². The predicted molar refractivity (Wildman–Crippen MR) is 62.0 cm³/mol. The zero-order chi connectivity index (χ0) is 12.0. The third-order valence-electron chi connectivity index (χ3n) is 1.96. The van der Waals surface area contributed by atoms with E-state index in [-0.39, 0.29) is 16.8 Å². The fourth-order valence-electron chi connectivity index (χ4n) is 1.20. The number of anilines is 1. The molecule has 0 aliphatic heterocycles. The molecule has 0 radical (unpaired) electrons. The quantitative estimate of drug-likeness (QED) is 0.610. The Labute approximate surface area is 99.2 Å². The Morgan fingerprint density at radius 1 is 1.62 bits per heavy atom. The molecule has 1 heterocycles. The smallest absolute Gasteiger partial charge is 0.156 e. The number of carbonyl (C=O) groups excluding carboxylic acids is 1. The summed E-state index contributed by atoms with van der Waals surface area (Å²) in [4.78, 5) is 18.5. The molecule has 1 rings (SSSR count). The van der Waals surface area contributed by atoms with E-state index < -0.39 is 0 Å². The maximum absolute atomic E-state index is 10.8. The van der Waals surface area contributed by atoms with Gasteiger partial charge in [0.1, 0.15) is 17.3 Å². The Kier molecular flexibility index (Phi) is 5.14. The number of nitrogens with one attached hydrogen (secondary N) is 1. The van der Waals surface area contributed by atoms with E-state index in [4.69, 9.17) is 16.3 Å². The van der Waals surface area contributed by atoms with Gasteiger partial charge in [-0.3, -0.25) is 4.79 Å². The van der Waals surface area contributed by atoms with Crippen molar-refractivity contribution in [2.45, 2.75) is 20.0 Å². The van der Waals surface area contributed by atoms with Crippen molar-refractivity contribution >= 4 is 23.7 Å². The van der Waals surface area contributed by atoms with E-state index in [0.29, 0.717) is 25.3 Å². The predicted octanol–water partition coefficient (Wildman–Crippen LogP) is 1.78. The van der Waals surface area contributed by atoms with Crippen molar-refractivity contribution < 1.29 is 9.53 Å². The van der Waals surface area contributed by atoms with Gasteiger partial charge in [0.2, 0.25) is 0 Å². The van der Waals surface area contributed by atoms with Gasteiger partial charge in [-0.2, -0.15) is 0 Å². The standard InChI is InChI=1S/C10H14ClN3O2/c1-3-16-7(2)4-12-10-8(5-15)9(11)13-6-14-10/h5-7H,3-4H2,1-2H3,(H,12,13,14). The van der Waals surface area contributed by atoms with Crippen LogP contribution in [0.2, 0.25) is 5.15 Å². The van der Waals surface area contributed by atoms with Gasteiger partial charge in [0.25, 0.3) is 0 Å². The van der Waals surface area contributed by atoms with Crippen LogP contribution in [0.15, 0.2) is 6.33 Å². The Balaban J connectivity index is 2.66. The van der Waals surface area contributed by atoms with Crippen molar-refractivity contribution in [1.29, 1.82) is 0 Å². The van der Waals surface area contributed by atoms with Crippen LogP contribution in [0.3, 0.4) is 0 Å². The summed E-state index contributed by atoms with van der Waals surface area (Å²) in [6, 6.07) is 0. The van der Waals surface area contributed by atoms with E-state index in [1.165, 1.54) is 6.33 Å². The molecular formula is C10H14ClN3O2. The number of rotatable bonds is 6. The highest BCUT2D eigenvalue weighted by Gasteiger charge is 2.09. The van der Waals surface area contributed by atoms with Gasteiger partial charge < -0.3 is 10.1 Å². The molecule has 0 spiro atoms. The van der Waals surface area contributed by atoms with E-state index in [9.17, 15) is 4.79 Å². The zero-order valence-electron chi connectivity index (χ0n) is 9.24. The van der Waals surface area contributed by atoms with Crippen molar-refractivity contribution in [3.05, 3.63) is 17.0 Å². The SMILES string of the molecule is CCOC(C)CNc1ncnc(Cl)c1C=O. The fourth-order valence-corrected chi connectivity index (χ4v) is 1.38. The summed E-state index contributed by atoms with van der Waals surface area (Å²) in [5.41, 5.74) is 0.271. The van der Waals surface area contributed by atoms with Gasteiger partial charge in [0, 0.05) is 13.2 Å². The van der Waals surface area contributed by atoms with E-state index in [2.05, 4.69) is 15.3 Å². The molecule has 1 atom stereocenters. The lowest BCUT2D eigenvalue weighted by atomic mass is 10.3. The molecule has 1 unspecified atom stereocenters. The van der Waals surface area contributed by atoms with E-state index >= 15 is 0 Å². The molecule has 88 valence electrons. The molecule has 6 heteroatoms. The second-order valence-electron chi connectivity index (χ2n) is 3.19. The molecule has 0 aliphatic carbocycles. The Bertz CT molecular complexity index is 360. The van der Waals surface area contributed by atoms with Crippen LogP contribution in [0.1, 0.15) is 24.2 Å². The van der Waals surface area contributed by atoms with Gasteiger partial charge >= 0.3 is 0 Å². The molecule has 5 nitrogen and oxygen atoms in total. The van der Waals surface area contributed by atoms with Gasteiger partial charge in [-0.15, -0.1) is 0 Å². The molecule has 0 bridgehead atoms. The number of halogens is 1. The monoisotopic (exact) mass is 243 g/mol. The third kappa shape index (κ3) is 3.43. The van der Waals surface area contributed by atoms with Gasteiger partial charge in [-0.25, -0.2) is 9.97 Å². The van der Waals surface area contributed by atoms with Gasteiger partial charge in [-0.1, -0.05) is 11.6 Å². The summed E-state index contributed by atoms with van der Waals surface area (Å²) < 4.78 is 5.34. The molecule has 1 aromatic rings. The lowest BCUT2D eigenvalue weighted by Crippen LogP contribution is -2.21. The van der Waals surface area contributed by atoms with Crippen LogP contribution in [0.5, 0.6) is 0 Å². The molecule has 0 amide bonds. The van der Waals surface area contributed by atoms with Crippen LogP contribution >= 0.6 is 11.6 Å². The number of aldehydes is 1. The molecule has 16 heavy (non-hydrogen) atoms. The summed E-state index contributed by atoms with van der Waals surface area (Å²) in [6.07, 6.45) is 1.98. The van der Waals surface area contributed by atoms with Gasteiger partial charge in [0.15, 0.2) is 6.29 Å². The molecule has 0 aliphatic rings. The Morgan fingerprint density at radius 3 is 3.00 bits per heavy atom. The van der Waals surface area contributed by atoms with Crippen molar-refractivity contribution in [3.8, 4) is 0 Å². The largest absolute Gasteiger partial charge is 0.377 e. The first-order chi connectivity index (χ1) is 7.69. The average molecular weight is 244 g/mol. The summed E-state index contributed by atoms with van der Waals surface area (Å²) in [6.45, 7) is 5.06. The highest BCUT2D eigenvalue weighted by molar-refractivity contribution is 6.32. The van der Waals surface area contributed by atoms with Crippen LogP contribution in [0.4, 0.5) is 5.82 Å². The van der Waals surface area contributed by atoms with Crippen LogP contribution < -0.4 is 5.32 Å². The first-order valence-corrected chi connectivity index (χ1v) is 5.38. The lowest BCUT2D eigenvalue weighted by molar-refractivity contribution is 0.0854. The number of ether oxygens (including phenoxy) is 1. The van der Waals surface area contributed by atoms with Gasteiger partial charge in [-0.05, 0) is 13.8 Å². The highest BCUT2D eigenvalue weighted by Crippen LogP contribution is 2.17. The van der Waals surface area contributed by atoms with E-state index in [0.717, 1.165) is 0 Å². The molecule has 1 N–H and O–H groups in total. The zero-order valence-corrected chi connectivity index (χ0v) is 9.99. The molecule has 1 aromatic heterocycles. The maximum Gasteiger partial charge on any atom is 0.156 e. The third-order valence-corrected chi connectivity index (χ3v) is 2.26. The summed E-state index contributed by atoms with van der Waals surface area (Å²) >= 11 is 5.75. The number of nitrogens with zero attached hydrogens (tertiary/aromatic N) is 2. The number of hydrogen-bond acceptors (Lipinski definition) is 5. The molecule has 0 aromatic carbocycles. The average Bonchev–Trinajstić information content (AvgIpc) is 2.27. The first kappa shape index (κ1) is 12.9. The molecular weight excluding hydrogens is 230 g/mol. The molecule has 0 saturated heterocycles. The molecule has 0 fully saturated rings. The lowest BCUT2D eigenvalue weighted by Gasteiger charge is -2.13. The summed E-state index contributed by atoms with van der Waals surface area (Å²) in [5, 5.41) is 3.15. The maximum atomic E-state index is 10.8. The minimum Gasteiger partial charge on any atom is -0.377 e. The van der Waals surface area contributed by atoms with Crippen LogP contribution in [0, 0.1) is 0 Å². The van der Waals surface area contributed by atoms with Crippen molar-refractivity contribution in [2.75, 3.05) is 18.5 Å². The minimum atomic E-state index is 0.0400. The fraction of sp³-hybridized carbons (Fsp3) is 0.500. The number of aromatic nitrogens is 2. The van der Waals surface area contributed by atoms with E-state index in [1.807, 2.05) is 13.8 Å².